The number of β-amino-alcohol motifs (C(OH)–C–C–N with tert-alkyl or cyclic N) is 1. The maximum absolute atomic E-state index is 10.4. The number of rotatable bonds is 5. The molecule has 2 aromatic rings. The van der Waals surface area contributed by atoms with E-state index in [1.807, 2.05) is 12.1 Å². The fraction of sp³-hybridized carbons (Fsp3) is 0.400. The first-order valence-corrected chi connectivity index (χ1v) is 9.20. The molecular formula is C20H24BrNO. The van der Waals surface area contributed by atoms with Crippen LogP contribution in [0.15, 0.2) is 59.1 Å². The van der Waals surface area contributed by atoms with Crippen molar-refractivity contribution in [3.8, 4) is 0 Å². The van der Waals surface area contributed by atoms with Gasteiger partial charge in [-0.2, -0.15) is 0 Å². The van der Waals surface area contributed by atoms with Crippen molar-refractivity contribution >= 4 is 15.9 Å². The van der Waals surface area contributed by atoms with Gasteiger partial charge in [0.2, 0.25) is 0 Å². The predicted octanol–water partition coefficient (Wildman–Crippen LogP) is 4.23. The number of likely N-dealkylation sites (tertiary alicyclic amines) is 1. The van der Waals surface area contributed by atoms with Crippen molar-refractivity contribution in [1.82, 2.24) is 4.90 Å². The minimum atomic E-state index is -0.294. The normalized spacial score (nSPS) is 18.0. The van der Waals surface area contributed by atoms with E-state index in [9.17, 15) is 5.11 Å². The van der Waals surface area contributed by atoms with E-state index < -0.39 is 0 Å². The Morgan fingerprint density at radius 2 is 1.78 bits per heavy atom. The first-order valence-electron chi connectivity index (χ1n) is 8.40. The molecule has 1 saturated heterocycles. The number of aliphatic hydroxyl groups is 1. The number of hydrogen-bond donors (Lipinski definition) is 1. The highest BCUT2D eigenvalue weighted by molar-refractivity contribution is 9.10. The van der Waals surface area contributed by atoms with Gasteiger partial charge in [0.1, 0.15) is 0 Å². The Kier molecular flexibility index (Phi) is 5.87. The molecule has 2 aromatic carbocycles. The first kappa shape index (κ1) is 16.7. The van der Waals surface area contributed by atoms with Crippen LogP contribution in [0.2, 0.25) is 0 Å². The van der Waals surface area contributed by atoms with Gasteiger partial charge < -0.3 is 10.0 Å². The molecule has 0 saturated carbocycles. The molecular weight excluding hydrogens is 350 g/mol. The molecule has 0 aromatic heterocycles. The molecule has 2 nitrogen and oxygen atoms in total. The van der Waals surface area contributed by atoms with Gasteiger partial charge in [-0.1, -0.05) is 58.4 Å². The molecule has 3 heteroatoms. The van der Waals surface area contributed by atoms with E-state index in [4.69, 9.17) is 0 Å². The molecule has 122 valence electrons. The van der Waals surface area contributed by atoms with Crippen LogP contribution in [-0.4, -0.2) is 35.7 Å². The molecule has 0 amide bonds. The van der Waals surface area contributed by atoms with Crippen LogP contribution in [0.3, 0.4) is 0 Å². The second kappa shape index (κ2) is 8.09. The maximum atomic E-state index is 10.4. The summed E-state index contributed by atoms with van der Waals surface area (Å²) in [5, 5.41) is 10.4. The summed E-state index contributed by atoms with van der Waals surface area (Å²) in [5.41, 5.74) is 2.65. The van der Waals surface area contributed by atoms with Gasteiger partial charge >= 0.3 is 0 Å². The molecule has 1 fully saturated rings. The monoisotopic (exact) mass is 373 g/mol. The van der Waals surface area contributed by atoms with Crippen LogP contribution in [0.5, 0.6) is 0 Å². The number of nitrogens with zero attached hydrogens (tertiary/aromatic N) is 1. The van der Waals surface area contributed by atoms with E-state index >= 15 is 0 Å². The number of halogens is 1. The third kappa shape index (κ3) is 4.90. The van der Waals surface area contributed by atoms with E-state index in [-0.39, 0.29) is 6.10 Å². The third-order valence-corrected chi connectivity index (χ3v) is 5.18. The Hall–Kier alpha value is -1.16. The summed E-state index contributed by atoms with van der Waals surface area (Å²) in [7, 11) is 0. The van der Waals surface area contributed by atoms with Crippen molar-refractivity contribution in [2.24, 2.45) is 0 Å². The molecule has 0 bridgehead atoms. The lowest BCUT2D eigenvalue weighted by Gasteiger charge is -2.33. The minimum Gasteiger partial charge on any atom is -0.391 e. The van der Waals surface area contributed by atoms with E-state index in [1.165, 1.54) is 24.0 Å². The molecule has 23 heavy (non-hydrogen) atoms. The standard InChI is InChI=1S/C20H24BrNO/c21-19-8-4-5-16(13-19)14-20(23)15-22-11-9-18(10-12-22)17-6-2-1-3-7-17/h1-8,13,18,20,23H,9-12,14-15H2. The number of piperidine rings is 1. The smallest absolute Gasteiger partial charge is 0.0707 e. The highest BCUT2D eigenvalue weighted by Crippen LogP contribution is 2.27. The highest BCUT2D eigenvalue weighted by Gasteiger charge is 2.22. The fourth-order valence-corrected chi connectivity index (χ4v) is 3.92. The van der Waals surface area contributed by atoms with E-state index in [1.54, 1.807) is 0 Å². The molecule has 0 aliphatic carbocycles. The van der Waals surface area contributed by atoms with Gasteiger partial charge in [-0.25, -0.2) is 0 Å². The topological polar surface area (TPSA) is 23.5 Å². The van der Waals surface area contributed by atoms with Crippen LogP contribution < -0.4 is 0 Å². The molecule has 0 spiro atoms. The zero-order valence-electron chi connectivity index (χ0n) is 13.4. The zero-order chi connectivity index (χ0) is 16.1. The largest absolute Gasteiger partial charge is 0.391 e. The maximum Gasteiger partial charge on any atom is 0.0707 e. The summed E-state index contributed by atoms with van der Waals surface area (Å²) in [6.45, 7) is 2.93. The van der Waals surface area contributed by atoms with Crippen molar-refractivity contribution in [1.29, 1.82) is 0 Å². The van der Waals surface area contributed by atoms with Crippen LogP contribution in [0.4, 0.5) is 0 Å². The Balaban J connectivity index is 1.47. The third-order valence-electron chi connectivity index (χ3n) is 4.69. The molecule has 1 heterocycles. The van der Waals surface area contributed by atoms with Gasteiger partial charge in [0.05, 0.1) is 6.10 Å². The van der Waals surface area contributed by atoms with Crippen molar-refractivity contribution in [2.45, 2.75) is 31.3 Å². The second-order valence-electron chi connectivity index (χ2n) is 6.47. The lowest BCUT2D eigenvalue weighted by Crippen LogP contribution is -2.39. The van der Waals surface area contributed by atoms with Crippen LogP contribution in [0, 0.1) is 0 Å². The molecule has 1 N–H and O–H groups in total. The zero-order valence-corrected chi connectivity index (χ0v) is 15.0. The SMILES string of the molecule is OC(Cc1cccc(Br)c1)CN1CCC(c2ccccc2)CC1. The summed E-state index contributed by atoms with van der Waals surface area (Å²) < 4.78 is 1.07. The average Bonchev–Trinajstić information content (AvgIpc) is 2.56. The summed E-state index contributed by atoms with van der Waals surface area (Å²) in [5.74, 6) is 0.676. The molecule has 0 radical (unpaired) electrons. The molecule has 1 unspecified atom stereocenters. The summed E-state index contributed by atoms with van der Waals surface area (Å²) in [6.07, 6.45) is 2.80. The predicted molar refractivity (Wildman–Crippen MR) is 98.7 cm³/mol. The summed E-state index contributed by atoms with van der Waals surface area (Å²) in [6, 6.07) is 19.0. The number of benzene rings is 2. The van der Waals surface area contributed by atoms with E-state index in [0.29, 0.717) is 5.92 Å². The van der Waals surface area contributed by atoms with Gasteiger partial charge in [0, 0.05) is 11.0 Å². The quantitative estimate of drug-likeness (QED) is 0.847. The number of aliphatic hydroxyl groups excluding tert-OH is 1. The first-order chi connectivity index (χ1) is 11.2. The van der Waals surface area contributed by atoms with Crippen LogP contribution in [-0.2, 0) is 6.42 Å². The number of hydrogen-bond acceptors (Lipinski definition) is 2. The lowest BCUT2D eigenvalue weighted by atomic mass is 9.89. The Bertz CT molecular complexity index is 608. The van der Waals surface area contributed by atoms with Gasteiger partial charge in [0.15, 0.2) is 0 Å². The molecule has 1 aliphatic rings. The van der Waals surface area contributed by atoms with Crippen molar-refractivity contribution in [3.63, 3.8) is 0 Å². The lowest BCUT2D eigenvalue weighted by molar-refractivity contribution is 0.0971. The van der Waals surface area contributed by atoms with Crippen molar-refractivity contribution < 1.29 is 5.11 Å². The Morgan fingerprint density at radius 3 is 2.48 bits per heavy atom. The molecule has 1 aliphatic heterocycles. The van der Waals surface area contributed by atoms with E-state index in [0.717, 1.165) is 30.5 Å². The van der Waals surface area contributed by atoms with Gasteiger partial charge in [0.25, 0.3) is 0 Å². The molecule has 3 rings (SSSR count). The highest BCUT2D eigenvalue weighted by atomic mass is 79.9. The van der Waals surface area contributed by atoms with Gasteiger partial charge in [-0.3, -0.25) is 0 Å². The Morgan fingerprint density at radius 1 is 1.04 bits per heavy atom. The Labute approximate surface area is 147 Å². The van der Waals surface area contributed by atoms with Crippen LogP contribution >= 0.6 is 15.9 Å². The van der Waals surface area contributed by atoms with Crippen LogP contribution in [0.1, 0.15) is 29.9 Å². The van der Waals surface area contributed by atoms with Gasteiger partial charge in [-0.05, 0) is 61.5 Å². The molecule has 1 atom stereocenters. The fourth-order valence-electron chi connectivity index (χ4n) is 3.47. The van der Waals surface area contributed by atoms with Gasteiger partial charge in [-0.15, -0.1) is 0 Å². The van der Waals surface area contributed by atoms with Crippen LogP contribution in [0.25, 0.3) is 0 Å². The summed E-state index contributed by atoms with van der Waals surface area (Å²) in [4.78, 5) is 2.40. The average molecular weight is 374 g/mol. The summed E-state index contributed by atoms with van der Waals surface area (Å²) >= 11 is 3.49. The van der Waals surface area contributed by atoms with E-state index in [2.05, 4.69) is 63.3 Å². The van der Waals surface area contributed by atoms with Crippen molar-refractivity contribution in [3.05, 3.63) is 70.2 Å². The van der Waals surface area contributed by atoms with Crippen molar-refractivity contribution in [2.75, 3.05) is 19.6 Å². The second-order valence-corrected chi connectivity index (χ2v) is 7.39. The minimum absolute atomic E-state index is 0.294.